The van der Waals surface area contributed by atoms with Crippen molar-refractivity contribution in [2.45, 2.75) is 45.7 Å². The first-order chi connectivity index (χ1) is 8.11. The maximum Gasteiger partial charge on any atom is 0.245 e. The number of carbonyl (C=O) groups is 2. The van der Waals surface area contributed by atoms with E-state index in [1.54, 1.807) is 23.6 Å². The molecule has 4 nitrogen and oxygen atoms in total. The van der Waals surface area contributed by atoms with Crippen LogP contribution in [0, 0.1) is 0 Å². The van der Waals surface area contributed by atoms with E-state index in [9.17, 15) is 9.59 Å². The van der Waals surface area contributed by atoms with Crippen molar-refractivity contribution in [1.29, 1.82) is 0 Å². The number of hydrogen-bond acceptors (Lipinski definition) is 3. The number of nitrogens with one attached hydrogen (secondary N) is 1. The van der Waals surface area contributed by atoms with Gasteiger partial charge in [0.05, 0.1) is 0 Å². The van der Waals surface area contributed by atoms with Crippen LogP contribution < -0.4 is 5.32 Å². The third kappa shape index (κ3) is 3.63. The average Bonchev–Trinajstić information content (AvgIpc) is 2.30. The Bertz CT molecular complexity index is 284. The van der Waals surface area contributed by atoms with Crippen LogP contribution in [0.4, 0.5) is 0 Å². The van der Waals surface area contributed by atoms with Crippen LogP contribution in [0.3, 0.4) is 0 Å². The van der Waals surface area contributed by atoms with Crippen LogP contribution in [-0.4, -0.2) is 46.8 Å². The van der Waals surface area contributed by atoms with Crippen LogP contribution in [0.15, 0.2) is 0 Å². The molecule has 17 heavy (non-hydrogen) atoms. The number of amides is 2. The molecule has 1 aliphatic rings. The van der Waals surface area contributed by atoms with E-state index in [1.807, 2.05) is 6.92 Å². The van der Waals surface area contributed by atoms with Gasteiger partial charge in [-0.15, -0.1) is 0 Å². The van der Waals surface area contributed by atoms with E-state index in [2.05, 4.69) is 12.2 Å². The van der Waals surface area contributed by atoms with Gasteiger partial charge in [0.15, 0.2) is 0 Å². The van der Waals surface area contributed by atoms with Crippen LogP contribution in [0.25, 0.3) is 0 Å². The van der Waals surface area contributed by atoms with Gasteiger partial charge in [-0.1, -0.05) is 20.3 Å². The molecule has 1 fully saturated rings. The molecule has 1 aliphatic heterocycles. The van der Waals surface area contributed by atoms with Crippen LogP contribution in [0.2, 0.25) is 0 Å². The molecule has 2 amide bonds. The van der Waals surface area contributed by atoms with Gasteiger partial charge >= 0.3 is 0 Å². The quantitative estimate of drug-likeness (QED) is 0.730. The summed E-state index contributed by atoms with van der Waals surface area (Å²) in [5, 5.41) is 2.75. The van der Waals surface area contributed by atoms with Crippen LogP contribution in [0.1, 0.15) is 33.6 Å². The minimum absolute atomic E-state index is 0.000415. The normalized spacial score (nSPS) is 25.0. The van der Waals surface area contributed by atoms with E-state index in [-0.39, 0.29) is 23.9 Å². The van der Waals surface area contributed by atoms with Gasteiger partial charge in [-0.2, -0.15) is 11.8 Å². The molecule has 0 radical (unpaired) electrons. The molecule has 98 valence electrons. The Hall–Kier alpha value is -0.710. The second-order valence-corrected chi connectivity index (χ2v) is 5.66. The summed E-state index contributed by atoms with van der Waals surface area (Å²) in [6.45, 7) is 6.57. The first-order valence-corrected chi connectivity index (χ1v) is 7.45. The van der Waals surface area contributed by atoms with Gasteiger partial charge in [-0.25, -0.2) is 0 Å². The lowest BCUT2D eigenvalue weighted by Gasteiger charge is -2.37. The number of piperazine rings is 1. The minimum atomic E-state index is -0.373. The van der Waals surface area contributed by atoms with Crippen molar-refractivity contribution < 1.29 is 9.59 Å². The molecule has 0 aromatic heterocycles. The fraction of sp³-hybridized carbons (Fsp3) is 0.833. The maximum atomic E-state index is 12.1. The third-order valence-corrected chi connectivity index (χ3v) is 3.81. The molecule has 1 heterocycles. The molecule has 2 unspecified atom stereocenters. The second-order valence-electron chi connectivity index (χ2n) is 4.26. The van der Waals surface area contributed by atoms with Crippen molar-refractivity contribution in [1.82, 2.24) is 10.2 Å². The largest absolute Gasteiger partial charge is 0.343 e. The average molecular weight is 258 g/mol. The minimum Gasteiger partial charge on any atom is -0.343 e. The topological polar surface area (TPSA) is 49.4 Å². The maximum absolute atomic E-state index is 12.1. The molecule has 5 heteroatoms. The Morgan fingerprint density at radius 2 is 2.06 bits per heavy atom. The van der Waals surface area contributed by atoms with Crippen molar-refractivity contribution in [3.63, 3.8) is 0 Å². The highest BCUT2D eigenvalue weighted by Crippen LogP contribution is 2.15. The number of carbonyl (C=O) groups excluding carboxylic acids is 2. The summed E-state index contributed by atoms with van der Waals surface area (Å²) >= 11 is 1.80. The monoisotopic (exact) mass is 258 g/mol. The molecule has 0 aromatic carbocycles. The zero-order valence-electron chi connectivity index (χ0n) is 10.9. The van der Waals surface area contributed by atoms with Crippen molar-refractivity contribution in [2.24, 2.45) is 0 Å². The van der Waals surface area contributed by atoms with Crippen molar-refractivity contribution in [3.8, 4) is 0 Å². The summed E-state index contributed by atoms with van der Waals surface area (Å²) < 4.78 is 0. The van der Waals surface area contributed by atoms with Gasteiger partial charge in [-0.05, 0) is 19.1 Å². The molecule has 0 saturated carbocycles. The smallest absolute Gasteiger partial charge is 0.245 e. The van der Waals surface area contributed by atoms with E-state index in [1.165, 1.54) is 0 Å². The zero-order chi connectivity index (χ0) is 12.8. The van der Waals surface area contributed by atoms with Gasteiger partial charge in [0.25, 0.3) is 0 Å². The fourth-order valence-electron chi connectivity index (χ4n) is 2.05. The number of nitrogens with zero attached hydrogens (tertiary/aromatic N) is 1. The Kier molecular flexibility index (Phi) is 5.82. The summed E-state index contributed by atoms with van der Waals surface area (Å²) in [6.07, 6.45) is 1.66. The standard InChI is InChI=1S/C12H22N2O2S/c1-4-6-10-11(15)13-9(3)12(16)14(10)7-8-17-5-2/h9-10H,4-8H2,1-3H3,(H,13,15). The Morgan fingerprint density at radius 3 is 2.65 bits per heavy atom. The van der Waals surface area contributed by atoms with Gasteiger partial charge in [0.1, 0.15) is 12.1 Å². The van der Waals surface area contributed by atoms with Crippen molar-refractivity contribution in [2.75, 3.05) is 18.1 Å². The third-order valence-electron chi connectivity index (χ3n) is 2.93. The van der Waals surface area contributed by atoms with Gasteiger partial charge in [0.2, 0.25) is 11.8 Å². The molecule has 1 rings (SSSR count). The zero-order valence-corrected chi connectivity index (χ0v) is 11.7. The van der Waals surface area contributed by atoms with Gasteiger partial charge < -0.3 is 10.2 Å². The van der Waals surface area contributed by atoms with E-state index in [0.717, 1.165) is 24.3 Å². The van der Waals surface area contributed by atoms with Gasteiger partial charge in [0, 0.05) is 12.3 Å². The van der Waals surface area contributed by atoms with Crippen molar-refractivity contribution >= 4 is 23.6 Å². The van der Waals surface area contributed by atoms with E-state index >= 15 is 0 Å². The summed E-state index contributed by atoms with van der Waals surface area (Å²) in [5.41, 5.74) is 0. The summed E-state index contributed by atoms with van der Waals surface area (Å²) in [6, 6.07) is -0.636. The van der Waals surface area contributed by atoms with Crippen LogP contribution in [-0.2, 0) is 9.59 Å². The van der Waals surface area contributed by atoms with E-state index < -0.39 is 0 Å². The highest BCUT2D eigenvalue weighted by atomic mass is 32.2. The Balaban J connectivity index is 2.68. The molecule has 1 N–H and O–H groups in total. The van der Waals surface area contributed by atoms with Crippen LogP contribution in [0.5, 0.6) is 0 Å². The lowest BCUT2D eigenvalue weighted by atomic mass is 10.0. The Morgan fingerprint density at radius 1 is 1.35 bits per heavy atom. The highest BCUT2D eigenvalue weighted by Gasteiger charge is 2.37. The lowest BCUT2D eigenvalue weighted by Crippen LogP contribution is -2.62. The molecule has 0 spiro atoms. The molecular formula is C12H22N2O2S. The number of thioether (sulfide) groups is 1. The number of hydrogen-bond donors (Lipinski definition) is 1. The van der Waals surface area contributed by atoms with Gasteiger partial charge in [-0.3, -0.25) is 9.59 Å². The van der Waals surface area contributed by atoms with E-state index in [0.29, 0.717) is 6.54 Å². The molecule has 0 bridgehead atoms. The number of rotatable bonds is 6. The first-order valence-electron chi connectivity index (χ1n) is 6.30. The first kappa shape index (κ1) is 14.4. The highest BCUT2D eigenvalue weighted by molar-refractivity contribution is 7.99. The summed E-state index contributed by atoms with van der Waals surface area (Å²) in [5.74, 6) is 2.00. The predicted octanol–water partition coefficient (Wildman–Crippen LogP) is 1.26. The molecule has 2 atom stereocenters. The van der Waals surface area contributed by atoms with Crippen LogP contribution >= 0.6 is 11.8 Å². The predicted molar refractivity (Wildman–Crippen MR) is 71.0 cm³/mol. The van der Waals surface area contributed by atoms with Crippen molar-refractivity contribution in [3.05, 3.63) is 0 Å². The lowest BCUT2D eigenvalue weighted by molar-refractivity contribution is -0.148. The molecular weight excluding hydrogens is 236 g/mol. The fourth-order valence-corrected chi connectivity index (χ4v) is 2.66. The Labute approximate surface area is 108 Å². The summed E-state index contributed by atoms with van der Waals surface area (Å²) in [4.78, 5) is 25.7. The molecule has 1 saturated heterocycles. The second kappa shape index (κ2) is 6.89. The molecule has 0 aliphatic carbocycles. The SMILES string of the molecule is CCCC1C(=O)NC(C)C(=O)N1CCSCC. The summed E-state index contributed by atoms with van der Waals surface area (Å²) in [7, 11) is 0. The van der Waals surface area contributed by atoms with E-state index in [4.69, 9.17) is 0 Å². The molecule has 0 aromatic rings.